The molecule has 0 atom stereocenters. The Bertz CT molecular complexity index is 642. The SMILES string of the molecule is CC(C)(C)OC(=O)NCc1cccc(C(=O)C=C(O)C(=O)O)c1. The first-order valence-corrected chi connectivity index (χ1v) is 6.82. The zero-order valence-corrected chi connectivity index (χ0v) is 13.1. The van der Waals surface area contributed by atoms with E-state index < -0.39 is 29.2 Å². The lowest BCUT2D eigenvalue weighted by Gasteiger charge is -2.19. The molecule has 0 heterocycles. The summed E-state index contributed by atoms with van der Waals surface area (Å²) in [6.07, 6.45) is 0.0422. The highest BCUT2D eigenvalue weighted by Gasteiger charge is 2.16. The molecule has 0 bridgehead atoms. The number of amides is 1. The fourth-order valence-electron chi connectivity index (χ4n) is 1.59. The maximum absolute atomic E-state index is 11.8. The molecule has 0 aliphatic rings. The van der Waals surface area contributed by atoms with Crippen LogP contribution in [0.1, 0.15) is 36.7 Å². The third-order valence-electron chi connectivity index (χ3n) is 2.53. The van der Waals surface area contributed by atoms with E-state index in [4.69, 9.17) is 14.9 Å². The summed E-state index contributed by atoms with van der Waals surface area (Å²) in [5, 5.41) is 20.2. The molecule has 1 aromatic carbocycles. The van der Waals surface area contributed by atoms with Crippen LogP contribution in [0.3, 0.4) is 0 Å². The first kappa shape index (κ1) is 18.2. The second kappa shape index (κ2) is 7.44. The highest BCUT2D eigenvalue weighted by Crippen LogP contribution is 2.09. The van der Waals surface area contributed by atoms with Crippen LogP contribution >= 0.6 is 0 Å². The van der Waals surface area contributed by atoms with Gasteiger partial charge in [0.05, 0.1) is 0 Å². The molecular weight excluding hydrogens is 302 g/mol. The zero-order chi connectivity index (χ0) is 17.6. The van der Waals surface area contributed by atoms with Crippen LogP contribution in [0.4, 0.5) is 4.79 Å². The van der Waals surface area contributed by atoms with Crippen molar-refractivity contribution in [2.24, 2.45) is 0 Å². The van der Waals surface area contributed by atoms with Crippen LogP contribution in [0.25, 0.3) is 0 Å². The molecule has 3 N–H and O–H groups in total. The minimum absolute atomic E-state index is 0.144. The van der Waals surface area contributed by atoms with E-state index in [9.17, 15) is 14.4 Å². The highest BCUT2D eigenvalue weighted by atomic mass is 16.6. The van der Waals surface area contributed by atoms with Gasteiger partial charge < -0.3 is 20.3 Å². The van der Waals surface area contributed by atoms with E-state index >= 15 is 0 Å². The van der Waals surface area contributed by atoms with E-state index in [1.54, 1.807) is 32.9 Å². The van der Waals surface area contributed by atoms with E-state index in [1.165, 1.54) is 12.1 Å². The minimum atomic E-state index is -1.58. The summed E-state index contributed by atoms with van der Waals surface area (Å²) in [6.45, 7) is 5.37. The van der Waals surface area contributed by atoms with Crippen LogP contribution in [-0.4, -0.2) is 33.7 Å². The summed E-state index contributed by atoms with van der Waals surface area (Å²) in [7, 11) is 0. The molecule has 124 valence electrons. The molecule has 0 saturated heterocycles. The summed E-state index contributed by atoms with van der Waals surface area (Å²) in [5.41, 5.74) is 0.215. The zero-order valence-electron chi connectivity index (χ0n) is 13.1. The molecule has 7 heteroatoms. The molecule has 23 heavy (non-hydrogen) atoms. The van der Waals surface area contributed by atoms with Crippen LogP contribution in [0, 0.1) is 0 Å². The van der Waals surface area contributed by atoms with Crippen LogP contribution in [-0.2, 0) is 16.1 Å². The number of hydrogen-bond acceptors (Lipinski definition) is 5. The van der Waals surface area contributed by atoms with Crippen LogP contribution < -0.4 is 5.32 Å². The number of carboxylic acid groups (broad SMARTS) is 1. The van der Waals surface area contributed by atoms with Gasteiger partial charge in [-0.15, -0.1) is 0 Å². The quantitative estimate of drug-likeness (QED) is 0.436. The number of nitrogens with one attached hydrogen (secondary N) is 1. The first-order valence-electron chi connectivity index (χ1n) is 6.82. The molecule has 0 aliphatic heterocycles. The minimum Gasteiger partial charge on any atom is -0.502 e. The van der Waals surface area contributed by atoms with Crippen molar-refractivity contribution in [1.82, 2.24) is 5.32 Å². The molecule has 0 spiro atoms. The number of carbonyl (C=O) groups is 3. The summed E-state index contributed by atoms with van der Waals surface area (Å²) < 4.78 is 5.09. The van der Waals surface area contributed by atoms with Gasteiger partial charge in [0.25, 0.3) is 0 Å². The molecule has 1 amide bonds. The predicted octanol–water partition coefficient (Wildman–Crippen LogP) is 2.42. The van der Waals surface area contributed by atoms with Crippen molar-refractivity contribution in [3.63, 3.8) is 0 Å². The smallest absolute Gasteiger partial charge is 0.407 e. The normalized spacial score (nSPS) is 11.7. The number of benzene rings is 1. The Morgan fingerprint density at radius 1 is 1.22 bits per heavy atom. The van der Waals surface area contributed by atoms with Gasteiger partial charge in [-0.1, -0.05) is 18.2 Å². The van der Waals surface area contributed by atoms with Crippen molar-refractivity contribution in [3.8, 4) is 0 Å². The fraction of sp³-hybridized carbons (Fsp3) is 0.312. The van der Waals surface area contributed by atoms with Crippen LogP contribution in [0.2, 0.25) is 0 Å². The predicted molar refractivity (Wildman–Crippen MR) is 82.2 cm³/mol. The summed E-state index contributed by atoms with van der Waals surface area (Å²) in [4.78, 5) is 33.9. The van der Waals surface area contributed by atoms with E-state index in [1.807, 2.05) is 0 Å². The fourth-order valence-corrected chi connectivity index (χ4v) is 1.59. The number of rotatable bonds is 5. The molecule has 0 unspecified atom stereocenters. The third kappa shape index (κ3) is 6.64. The first-order chi connectivity index (χ1) is 10.6. The van der Waals surface area contributed by atoms with Crippen molar-refractivity contribution in [1.29, 1.82) is 0 Å². The van der Waals surface area contributed by atoms with Gasteiger partial charge in [0.1, 0.15) is 5.60 Å². The van der Waals surface area contributed by atoms with Crippen molar-refractivity contribution in [2.75, 3.05) is 0 Å². The Labute approximate surface area is 133 Å². The van der Waals surface area contributed by atoms with Crippen LogP contribution in [0.15, 0.2) is 36.1 Å². The number of ether oxygens (including phenoxy) is 1. The maximum atomic E-state index is 11.8. The Morgan fingerprint density at radius 3 is 2.43 bits per heavy atom. The lowest BCUT2D eigenvalue weighted by Crippen LogP contribution is -2.32. The molecule has 0 aliphatic carbocycles. The number of aliphatic carboxylic acids is 1. The topological polar surface area (TPSA) is 113 Å². The van der Waals surface area contributed by atoms with Gasteiger partial charge in [-0.3, -0.25) is 4.79 Å². The Hall–Kier alpha value is -2.83. The van der Waals surface area contributed by atoms with Crippen molar-refractivity contribution >= 4 is 17.8 Å². The molecule has 1 rings (SSSR count). The molecular formula is C16H19NO6. The number of alkyl carbamates (subject to hydrolysis) is 1. The number of ketones is 1. The monoisotopic (exact) mass is 321 g/mol. The van der Waals surface area contributed by atoms with Gasteiger partial charge in [0.2, 0.25) is 5.76 Å². The standard InChI is InChI=1S/C16H19NO6/c1-16(2,3)23-15(22)17-9-10-5-4-6-11(7-10)12(18)8-13(19)14(20)21/h4-8,19H,9H2,1-3H3,(H,17,22)(H,20,21). The van der Waals surface area contributed by atoms with Gasteiger partial charge in [0.15, 0.2) is 5.78 Å². The van der Waals surface area contributed by atoms with Gasteiger partial charge in [0, 0.05) is 18.2 Å². The molecule has 0 radical (unpaired) electrons. The molecule has 7 nitrogen and oxygen atoms in total. The number of carboxylic acids is 1. The summed E-state index contributed by atoms with van der Waals surface area (Å²) in [6, 6.07) is 6.25. The largest absolute Gasteiger partial charge is 0.502 e. The van der Waals surface area contributed by atoms with E-state index in [0.29, 0.717) is 11.6 Å². The van der Waals surface area contributed by atoms with Gasteiger partial charge in [-0.25, -0.2) is 9.59 Å². The van der Waals surface area contributed by atoms with Gasteiger partial charge in [-0.05, 0) is 32.4 Å². The molecule has 0 aromatic heterocycles. The highest BCUT2D eigenvalue weighted by molar-refractivity contribution is 6.07. The average Bonchev–Trinajstić information content (AvgIpc) is 2.43. The van der Waals surface area contributed by atoms with E-state index in [2.05, 4.69) is 5.32 Å². The van der Waals surface area contributed by atoms with Crippen LogP contribution in [0.5, 0.6) is 0 Å². The van der Waals surface area contributed by atoms with Crippen molar-refractivity contribution < 1.29 is 29.3 Å². The second-order valence-corrected chi connectivity index (χ2v) is 5.75. The van der Waals surface area contributed by atoms with Gasteiger partial charge in [-0.2, -0.15) is 0 Å². The summed E-state index contributed by atoms with van der Waals surface area (Å²) in [5.74, 6) is -3.27. The van der Waals surface area contributed by atoms with E-state index in [0.717, 1.165) is 0 Å². The number of hydrogen-bond donors (Lipinski definition) is 3. The number of aliphatic hydroxyl groups excluding tert-OH is 1. The summed E-state index contributed by atoms with van der Waals surface area (Å²) >= 11 is 0. The Morgan fingerprint density at radius 2 is 1.87 bits per heavy atom. The van der Waals surface area contributed by atoms with E-state index in [-0.39, 0.29) is 12.1 Å². The third-order valence-corrected chi connectivity index (χ3v) is 2.53. The Kier molecular flexibility index (Phi) is 5.89. The number of carbonyl (C=O) groups excluding carboxylic acids is 2. The molecule has 1 aromatic rings. The lowest BCUT2D eigenvalue weighted by atomic mass is 10.1. The maximum Gasteiger partial charge on any atom is 0.407 e. The number of aliphatic hydroxyl groups is 1. The van der Waals surface area contributed by atoms with Crippen molar-refractivity contribution in [2.45, 2.75) is 32.9 Å². The molecule has 0 fully saturated rings. The van der Waals surface area contributed by atoms with Gasteiger partial charge >= 0.3 is 12.1 Å². The Balaban J connectivity index is 2.74. The second-order valence-electron chi connectivity index (χ2n) is 5.75. The number of allylic oxidation sites excluding steroid dienone is 1. The molecule has 0 saturated carbocycles. The lowest BCUT2D eigenvalue weighted by molar-refractivity contribution is -0.135. The average molecular weight is 321 g/mol. The van der Waals surface area contributed by atoms with Crippen molar-refractivity contribution in [3.05, 3.63) is 47.2 Å².